The number of aryl methyl sites for hydroxylation is 1. The summed E-state index contributed by atoms with van der Waals surface area (Å²) in [5.41, 5.74) is 1.51. The molecule has 3 aromatic rings. The first-order valence-corrected chi connectivity index (χ1v) is 7.40. The number of aliphatic hydroxyl groups is 1. The average molecular weight is 344 g/mol. The molecule has 0 bridgehead atoms. The Morgan fingerprint density at radius 2 is 1.95 bits per heavy atom. The van der Waals surface area contributed by atoms with Gasteiger partial charge >= 0.3 is 0 Å². The molecule has 1 aromatic heterocycles. The highest BCUT2D eigenvalue weighted by molar-refractivity contribution is 9.10. The predicted molar refractivity (Wildman–Crippen MR) is 86.6 cm³/mol. The molecule has 3 rings (SSSR count). The molecular weight excluding hydrogens is 330 g/mol. The molecule has 0 fully saturated rings. The summed E-state index contributed by atoms with van der Waals surface area (Å²) in [6.07, 6.45) is 1.64. The third kappa shape index (κ3) is 2.77. The van der Waals surface area contributed by atoms with Crippen molar-refractivity contribution < 1.29 is 9.84 Å². The van der Waals surface area contributed by atoms with E-state index in [2.05, 4.69) is 27.0 Å². The fraction of sp³-hybridized carbons (Fsp3) is 0.118. The van der Waals surface area contributed by atoms with E-state index in [9.17, 15) is 5.11 Å². The topological polar surface area (TPSA) is 42.4 Å². The lowest BCUT2D eigenvalue weighted by atomic mass is 10.1. The van der Waals surface area contributed by atoms with Gasteiger partial charge in [0, 0.05) is 23.5 Å². The van der Waals surface area contributed by atoms with Gasteiger partial charge in [0.1, 0.15) is 11.5 Å². The summed E-state index contributed by atoms with van der Waals surface area (Å²) in [6, 6.07) is 13.9. The SMILES string of the molecule is Cc1cc(Oc2ccc3ccccc3c2Br)c(CO)cn1. The molecule has 0 amide bonds. The molecule has 0 atom stereocenters. The highest BCUT2D eigenvalue weighted by atomic mass is 79.9. The molecule has 3 nitrogen and oxygen atoms in total. The van der Waals surface area contributed by atoms with Crippen LogP contribution in [0.5, 0.6) is 11.5 Å². The number of ether oxygens (including phenoxy) is 1. The number of hydrogen-bond acceptors (Lipinski definition) is 3. The normalized spacial score (nSPS) is 10.8. The molecule has 0 saturated carbocycles. The van der Waals surface area contributed by atoms with Crippen LogP contribution in [0.1, 0.15) is 11.3 Å². The van der Waals surface area contributed by atoms with Gasteiger partial charge in [-0.05, 0) is 39.7 Å². The number of aromatic nitrogens is 1. The number of nitrogens with zero attached hydrogens (tertiary/aromatic N) is 1. The van der Waals surface area contributed by atoms with Crippen LogP contribution >= 0.6 is 15.9 Å². The molecule has 1 N–H and O–H groups in total. The first-order valence-electron chi connectivity index (χ1n) is 6.60. The van der Waals surface area contributed by atoms with Gasteiger partial charge in [-0.25, -0.2) is 0 Å². The minimum absolute atomic E-state index is 0.103. The molecular formula is C17H14BrNO2. The highest BCUT2D eigenvalue weighted by Gasteiger charge is 2.10. The van der Waals surface area contributed by atoms with Crippen LogP contribution in [0.2, 0.25) is 0 Å². The second-order valence-corrected chi connectivity index (χ2v) is 5.59. The second kappa shape index (κ2) is 5.84. The molecule has 0 unspecified atom stereocenters. The Labute approximate surface area is 131 Å². The van der Waals surface area contributed by atoms with Crippen LogP contribution in [0.4, 0.5) is 0 Å². The monoisotopic (exact) mass is 343 g/mol. The molecule has 0 radical (unpaired) electrons. The second-order valence-electron chi connectivity index (χ2n) is 4.79. The van der Waals surface area contributed by atoms with Crippen molar-refractivity contribution >= 4 is 26.7 Å². The molecule has 0 aliphatic rings. The third-order valence-electron chi connectivity index (χ3n) is 3.30. The third-order valence-corrected chi connectivity index (χ3v) is 4.12. The van der Waals surface area contributed by atoms with Crippen molar-refractivity contribution in [2.45, 2.75) is 13.5 Å². The average Bonchev–Trinajstić information content (AvgIpc) is 2.51. The van der Waals surface area contributed by atoms with Gasteiger partial charge in [0.05, 0.1) is 11.1 Å². The van der Waals surface area contributed by atoms with Crippen LogP contribution in [-0.4, -0.2) is 10.1 Å². The van der Waals surface area contributed by atoms with Crippen molar-refractivity contribution in [3.8, 4) is 11.5 Å². The number of benzene rings is 2. The van der Waals surface area contributed by atoms with Crippen LogP contribution in [0.3, 0.4) is 0 Å². The number of hydrogen-bond donors (Lipinski definition) is 1. The lowest BCUT2D eigenvalue weighted by molar-refractivity contribution is 0.276. The van der Waals surface area contributed by atoms with E-state index in [1.54, 1.807) is 6.20 Å². The Kier molecular flexibility index (Phi) is 3.90. The summed E-state index contributed by atoms with van der Waals surface area (Å²) < 4.78 is 6.88. The summed E-state index contributed by atoms with van der Waals surface area (Å²) in [5, 5.41) is 11.6. The van der Waals surface area contributed by atoms with Crippen molar-refractivity contribution in [1.29, 1.82) is 0 Å². The highest BCUT2D eigenvalue weighted by Crippen LogP contribution is 2.36. The summed E-state index contributed by atoms with van der Waals surface area (Å²) in [5.74, 6) is 1.34. The molecule has 2 aromatic carbocycles. The number of aliphatic hydroxyl groups excluding tert-OH is 1. The zero-order valence-electron chi connectivity index (χ0n) is 11.5. The van der Waals surface area contributed by atoms with Crippen molar-refractivity contribution in [3.63, 3.8) is 0 Å². The molecule has 0 aliphatic heterocycles. The van der Waals surface area contributed by atoms with Crippen molar-refractivity contribution in [1.82, 2.24) is 4.98 Å². The predicted octanol–water partition coefficient (Wildman–Crippen LogP) is 4.59. The smallest absolute Gasteiger partial charge is 0.142 e. The van der Waals surface area contributed by atoms with Gasteiger partial charge in [-0.15, -0.1) is 0 Å². The van der Waals surface area contributed by atoms with Gasteiger partial charge in [-0.1, -0.05) is 30.3 Å². The van der Waals surface area contributed by atoms with E-state index in [1.165, 1.54) is 0 Å². The lowest BCUT2D eigenvalue weighted by Gasteiger charge is -2.13. The molecule has 0 spiro atoms. The van der Waals surface area contributed by atoms with E-state index in [4.69, 9.17) is 4.74 Å². The number of pyridine rings is 1. The first-order chi connectivity index (χ1) is 10.2. The Morgan fingerprint density at radius 3 is 2.76 bits per heavy atom. The minimum atomic E-state index is -0.103. The van der Waals surface area contributed by atoms with Gasteiger partial charge in [-0.3, -0.25) is 4.98 Å². The van der Waals surface area contributed by atoms with Gasteiger partial charge in [-0.2, -0.15) is 0 Å². The van der Waals surface area contributed by atoms with Gasteiger partial charge < -0.3 is 9.84 Å². The van der Waals surface area contributed by atoms with Crippen molar-refractivity contribution in [3.05, 3.63) is 64.4 Å². The maximum atomic E-state index is 9.40. The van der Waals surface area contributed by atoms with Crippen LogP contribution in [0, 0.1) is 6.92 Å². The van der Waals surface area contributed by atoms with Crippen molar-refractivity contribution in [2.75, 3.05) is 0 Å². The molecule has 0 saturated heterocycles. The van der Waals surface area contributed by atoms with Gasteiger partial charge in [0.15, 0.2) is 0 Å². The maximum Gasteiger partial charge on any atom is 0.142 e. The molecule has 4 heteroatoms. The minimum Gasteiger partial charge on any atom is -0.456 e. The number of rotatable bonds is 3. The largest absolute Gasteiger partial charge is 0.456 e. The molecule has 21 heavy (non-hydrogen) atoms. The van der Waals surface area contributed by atoms with Crippen LogP contribution in [0.15, 0.2) is 53.1 Å². The van der Waals surface area contributed by atoms with E-state index < -0.39 is 0 Å². The Balaban J connectivity index is 2.06. The van der Waals surface area contributed by atoms with E-state index in [0.29, 0.717) is 17.1 Å². The van der Waals surface area contributed by atoms with E-state index in [-0.39, 0.29) is 6.61 Å². The fourth-order valence-corrected chi connectivity index (χ4v) is 2.76. The van der Waals surface area contributed by atoms with Crippen LogP contribution < -0.4 is 4.74 Å². The Hall–Kier alpha value is -1.91. The number of halogens is 1. The van der Waals surface area contributed by atoms with E-state index in [0.717, 1.165) is 20.9 Å². The van der Waals surface area contributed by atoms with Gasteiger partial charge in [0.25, 0.3) is 0 Å². The van der Waals surface area contributed by atoms with Crippen molar-refractivity contribution in [2.24, 2.45) is 0 Å². The lowest BCUT2D eigenvalue weighted by Crippen LogP contribution is -1.95. The summed E-state index contributed by atoms with van der Waals surface area (Å²) in [6.45, 7) is 1.79. The summed E-state index contributed by atoms with van der Waals surface area (Å²) in [7, 11) is 0. The van der Waals surface area contributed by atoms with Crippen LogP contribution in [0.25, 0.3) is 10.8 Å². The maximum absolute atomic E-state index is 9.40. The quantitative estimate of drug-likeness (QED) is 0.756. The summed E-state index contributed by atoms with van der Waals surface area (Å²) in [4.78, 5) is 4.17. The molecule has 0 aliphatic carbocycles. The zero-order chi connectivity index (χ0) is 14.8. The summed E-state index contributed by atoms with van der Waals surface area (Å²) >= 11 is 3.60. The Bertz CT molecular complexity index is 802. The fourth-order valence-electron chi connectivity index (χ4n) is 2.19. The molecule has 106 valence electrons. The Morgan fingerprint density at radius 1 is 1.14 bits per heavy atom. The van der Waals surface area contributed by atoms with E-state index in [1.807, 2.05) is 43.3 Å². The van der Waals surface area contributed by atoms with Gasteiger partial charge in [0.2, 0.25) is 0 Å². The standard InChI is InChI=1S/C17H14BrNO2/c1-11-8-16(13(10-20)9-19-11)21-15-7-6-12-4-2-3-5-14(12)17(15)18/h2-9,20H,10H2,1H3. The molecule has 1 heterocycles. The van der Waals surface area contributed by atoms with Crippen LogP contribution in [-0.2, 0) is 6.61 Å². The zero-order valence-corrected chi connectivity index (χ0v) is 13.1. The number of fused-ring (bicyclic) bond motifs is 1. The van der Waals surface area contributed by atoms with E-state index >= 15 is 0 Å². The first kappa shape index (κ1) is 14.0.